The molecule has 2 aromatic rings. The van der Waals surface area contributed by atoms with Gasteiger partial charge in [0.2, 0.25) is 0 Å². The maximum absolute atomic E-state index is 12.2. The first-order valence-corrected chi connectivity index (χ1v) is 6.44. The van der Waals surface area contributed by atoms with Gasteiger partial charge in [0.15, 0.2) is 0 Å². The van der Waals surface area contributed by atoms with E-state index in [0.717, 1.165) is 16.8 Å². The fourth-order valence-corrected chi connectivity index (χ4v) is 2.26. The molecule has 0 aromatic heterocycles. The molecule has 0 fully saturated rings. The van der Waals surface area contributed by atoms with Crippen molar-refractivity contribution in [3.63, 3.8) is 0 Å². The lowest BCUT2D eigenvalue weighted by molar-refractivity contribution is 0.102. The van der Waals surface area contributed by atoms with Crippen LogP contribution in [0.2, 0.25) is 0 Å². The molecule has 2 N–H and O–H groups in total. The average Bonchev–Trinajstić information content (AvgIpc) is 2.82. The van der Waals surface area contributed by atoms with Gasteiger partial charge in [-0.3, -0.25) is 4.79 Å². The Morgan fingerprint density at radius 1 is 1.30 bits per heavy atom. The number of amides is 1. The summed E-state index contributed by atoms with van der Waals surface area (Å²) < 4.78 is 5.12. The van der Waals surface area contributed by atoms with Crippen molar-refractivity contribution in [3.05, 3.63) is 59.2 Å². The van der Waals surface area contributed by atoms with Gasteiger partial charge in [-0.15, -0.1) is 0 Å². The first kappa shape index (κ1) is 12.9. The molecule has 3 rings (SSSR count). The van der Waals surface area contributed by atoms with Crippen LogP contribution in [0, 0.1) is 6.92 Å². The number of anilines is 1. The van der Waals surface area contributed by atoms with Crippen molar-refractivity contribution in [2.75, 3.05) is 5.32 Å². The summed E-state index contributed by atoms with van der Waals surface area (Å²) >= 11 is 0. The van der Waals surface area contributed by atoms with E-state index in [4.69, 9.17) is 4.65 Å². The van der Waals surface area contributed by atoms with Crippen molar-refractivity contribution in [1.82, 2.24) is 0 Å². The molecular formula is C15H14BNO3. The smallest absolute Gasteiger partial charge is 0.423 e. The molecule has 5 heteroatoms. The molecule has 100 valence electrons. The standard InChI is InChI=1S/C15H14BNO3/c1-10-4-2-3-5-14(10)17-15(18)11-6-7-12-9-20-16(19)13(12)8-11/h2-8,19H,9H2,1H3,(H,17,18). The van der Waals surface area contributed by atoms with Crippen molar-refractivity contribution in [3.8, 4) is 0 Å². The van der Waals surface area contributed by atoms with Gasteiger partial charge in [0.25, 0.3) is 5.91 Å². The highest BCUT2D eigenvalue weighted by Crippen LogP contribution is 2.16. The van der Waals surface area contributed by atoms with E-state index in [0.29, 0.717) is 17.6 Å². The Kier molecular flexibility index (Phi) is 3.30. The zero-order valence-corrected chi connectivity index (χ0v) is 11.1. The zero-order chi connectivity index (χ0) is 14.1. The van der Waals surface area contributed by atoms with E-state index in [1.165, 1.54) is 0 Å². The average molecular weight is 267 g/mol. The molecule has 0 atom stereocenters. The van der Waals surface area contributed by atoms with Crippen molar-refractivity contribution < 1.29 is 14.5 Å². The molecule has 0 aliphatic carbocycles. The minimum atomic E-state index is -0.934. The number of fused-ring (bicyclic) bond motifs is 1. The highest BCUT2D eigenvalue weighted by atomic mass is 16.5. The second kappa shape index (κ2) is 5.11. The lowest BCUT2D eigenvalue weighted by Gasteiger charge is -2.09. The van der Waals surface area contributed by atoms with E-state index in [2.05, 4.69) is 5.32 Å². The van der Waals surface area contributed by atoms with Crippen LogP contribution in [0.4, 0.5) is 5.69 Å². The molecule has 0 radical (unpaired) electrons. The molecule has 0 saturated carbocycles. The van der Waals surface area contributed by atoms with Crippen LogP contribution in [0.15, 0.2) is 42.5 Å². The van der Waals surface area contributed by atoms with Gasteiger partial charge in [-0.05, 0) is 41.7 Å². The summed E-state index contributed by atoms with van der Waals surface area (Å²) in [7, 11) is -0.934. The molecule has 20 heavy (non-hydrogen) atoms. The van der Waals surface area contributed by atoms with Crippen LogP contribution in [-0.2, 0) is 11.3 Å². The normalized spacial score (nSPS) is 13.2. The molecule has 1 aliphatic rings. The minimum Gasteiger partial charge on any atom is -0.423 e. The van der Waals surface area contributed by atoms with Gasteiger partial charge >= 0.3 is 7.12 Å². The summed E-state index contributed by atoms with van der Waals surface area (Å²) in [6, 6.07) is 12.8. The third kappa shape index (κ3) is 2.33. The number of para-hydroxylation sites is 1. The van der Waals surface area contributed by atoms with Crippen LogP contribution in [0.3, 0.4) is 0 Å². The number of benzene rings is 2. The Morgan fingerprint density at radius 3 is 2.90 bits per heavy atom. The summed E-state index contributed by atoms with van der Waals surface area (Å²) in [5.41, 5.74) is 3.89. The number of rotatable bonds is 2. The quantitative estimate of drug-likeness (QED) is 0.810. The third-order valence-electron chi connectivity index (χ3n) is 3.46. The first-order valence-electron chi connectivity index (χ1n) is 6.44. The number of hydrogen-bond donors (Lipinski definition) is 2. The molecule has 0 bridgehead atoms. The molecular weight excluding hydrogens is 253 g/mol. The summed E-state index contributed by atoms with van der Waals surface area (Å²) in [6.45, 7) is 2.33. The molecule has 0 saturated heterocycles. The largest absolute Gasteiger partial charge is 0.491 e. The SMILES string of the molecule is Cc1ccccc1NC(=O)c1ccc2c(c1)B(O)OC2. The van der Waals surface area contributed by atoms with Crippen molar-refractivity contribution in [2.45, 2.75) is 13.5 Å². The van der Waals surface area contributed by atoms with Crippen LogP contribution in [0.25, 0.3) is 0 Å². The Morgan fingerprint density at radius 2 is 2.10 bits per heavy atom. The van der Waals surface area contributed by atoms with Crippen LogP contribution >= 0.6 is 0 Å². The molecule has 2 aromatic carbocycles. The lowest BCUT2D eigenvalue weighted by Crippen LogP contribution is -2.29. The zero-order valence-electron chi connectivity index (χ0n) is 11.1. The number of carbonyl (C=O) groups excluding carboxylic acids is 1. The molecule has 1 heterocycles. The monoisotopic (exact) mass is 267 g/mol. The first-order chi connectivity index (χ1) is 9.65. The van der Waals surface area contributed by atoms with E-state index in [-0.39, 0.29) is 5.91 Å². The summed E-state index contributed by atoms with van der Waals surface area (Å²) in [5, 5.41) is 12.5. The predicted molar refractivity (Wildman–Crippen MR) is 78.0 cm³/mol. The number of aryl methyl sites for hydroxylation is 1. The van der Waals surface area contributed by atoms with Crippen LogP contribution in [0.5, 0.6) is 0 Å². The summed E-state index contributed by atoms with van der Waals surface area (Å²) in [4.78, 5) is 12.2. The fourth-order valence-electron chi connectivity index (χ4n) is 2.26. The highest BCUT2D eigenvalue weighted by molar-refractivity contribution is 6.61. The van der Waals surface area contributed by atoms with Crippen molar-refractivity contribution >= 4 is 24.2 Å². The topological polar surface area (TPSA) is 58.6 Å². The van der Waals surface area contributed by atoms with E-state index >= 15 is 0 Å². The van der Waals surface area contributed by atoms with Gasteiger partial charge in [0.05, 0.1) is 6.61 Å². The molecule has 1 aliphatic heterocycles. The minimum absolute atomic E-state index is 0.193. The number of carbonyl (C=O) groups is 1. The van der Waals surface area contributed by atoms with Gasteiger partial charge in [-0.1, -0.05) is 24.3 Å². The van der Waals surface area contributed by atoms with Gasteiger partial charge in [-0.2, -0.15) is 0 Å². The van der Waals surface area contributed by atoms with Gasteiger partial charge in [-0.25, -0.2) is 0 Å². The second-order valence-corrected chi connectivity index (χ2v) is 4.85. The van der Waals surface area contributed by atoms with E-state index < -0.39 is 7.12 Å². The van der Waals surface area contributed by atoms with Crippen molar-refractivity contribution in [1.29, 1.82) is 0 Å². The Hall–Kier alpha value is -2.11. The third-order valence-corrected chi connectivity index (χ3v) is 3.46. The molecule has 1 amide bonds. The van der Waals surface area contributed by atoms with Crippen LogP contribution in [0.1, 0.15) is 21.5 Å². The Bertz CT molecular complexity index is 672. The van der Waals surface area contributed by atoms with Gasteiger partial charge < -0.3 is 15.0 Å². The second-order valence-electron chi connectivity index (χ2n) is 4.85. The Labute approximate surface area is 117 Å². The van der Waals surface area contributed by atoms with E-state index in [1.54, 1.807) is 12.1 Å². The summed E-state index contributed by atoms with van der Waals surface area (Å²) in [6.07, 6.45) is 0. The maximum atomic E-state index is 12.2. The lowest BCUT2D eigenvalue weighted by atomic mass is 9.79. The number of nitrogens with one attached hydrogen (secondary N) is 1. The highest BCUT2D eigenvalue weighted by Gasteiger charge is 2.27. The molecule has 0 unspecified atom stereocenters. The fraction of sp³-hybridized carbons (Fsp3) is 0.133. The van der Waals surface area contributed by atoms with Crippen molar-refractivity contribution in [2.24, 2.45) is 0 Å². The Balaban J connectivity index is 1.85. The van der Waals surface area contributed by atoms with Gasteiger partial charge in [0.1, 0.15) is 0 Å². The van der Waals surface area contributed by atoms with Crippen LogP contribution < -0.4 is 10.8 Å². The number of hydrogen-bond acceptors (Lipinski definition) is 3. The summed E-state index contributed by atoms with van der Waals surface area (Å²) in [5.74, 6) is -0.193. The molecule has 4 nitrogen and oxygen atoms in total. The van der Waals surface area contributed by atoms with E-state index in [9.17, 15) is 9.82 Å². The van der Waals surface area contributed by atoms with Crippen LogP contribution in [-0.4, -0.2) is 18.0 Å². The van der Waals surface area contributed by atoms with Gasteiger partial charge in [0, 0.05) is 11.3 Å². The maximum Gasteiger partial charge on any atom is 0.491 e. The molecule has 0 spiro atoms. The van der Waals surface area contributed by atoms with E-state index in [1.807, 2.05) is 37.3 Å². The predicted octanol–water partition coefficient (Wildman–Crippen LogP) is 1.47.